The third-order valence-electron chi connectivity index (χ3n) is 5.40. The number of fused-ring (bicyclic) bond motifs is 1. The molecular weight excluding hydrogens is 406 g/mol. The van der Waals surface area contributed by atoms with Crippen molar-refractivity contribution in [1.29, 1.82) is 0 Å². The number of piperazine rings is 1. The van der Waals surface area contributed by atoms with Gasteiger partial charge in [-0.25, -0.2) is 4.98 Å². The fourth-order valence-electron chi connectivity index (χ4n) is 3.82. The summed E-state index contributed by atoms with van der Waals surface area (Å²) in [5.41, 5.74) is 0.537. The largest absolute Gasteiger partial charge is 0.368 e. The van der Waals surface area contributed by atoms with E-state index in [1.165, 1.54) is 9.13 Å². The second-order valence-electron chi connectivity index (χ2n) is 7.13. The number of rotatable bonds is 4. The molecule has 1 aromatic carbocycles. The molecule has 0 spiro atoms. The number of carbonyl (C=O) groups is 1. The van der Waals surface area contributed by atoms with E-state index in [1.807, 2.05) is 24.3 Å². The molecule has 2 aromatic heterocycles. The maximum atomic E-state index is 12.9. The van der Waals surface area contributed by atoms with E-state index in [0.29, 0.717) is 48.9 Å². The Labute approximate surface area is 177 Å². The van der Waals surface area contributed by atoms with Gasteiger partial charge in [0.25, 0.3) is 0 Å². The van der Waals surface area contributed by atoms with Gasteiger partial charge in [-0.05, 0) is 37.3 Å². The van der Waals surface area contributed by atoms with Gasteiger partial charge in [0, 0.05) is 49.6 Å². The van der Waals surface area contributed by atoms with Crippen LogP contribution in [0.4, 0.5) is 5.69 Å². The van der Waals surface area contributed by atoms with Gasteiger partial charge in [0.15, 0.2) is 5.65 Å². The van der Waals surface area contributed by atoms with E-state index in [9.17, 15) is 14.4 Å². The van der Waals surface area contributed by atoms with Crippen LogP contribution in [0.1, 0.15) is 6.92 Å². The third kappa shape index (κ3) is 3.70. The number of aromatic nitrogens is 3. The predicted molar refractivity (Wildman–Crippen MR) is 116 cm³/mol. The van der Waals surface area contributed by atoms with E-state index >= 15 is 0 Å². The zero-order valence-electron chi connectivity index (χ0n) is 16.6. The van der Waals surface area contributed by atoms with Crippen LogP contribution in [-0.4, -0.2) is 51.1 Å². The maximum absolute atomic E-state index is 12.9. The van der Waals surface area contributed by atoms with E-state index in [1.54, 1.807) is 30.2 Å². The fraction of sp³-hybridized carbons (Fsp3) is 0.333. The van der Waals surface area contributed by atoms with Gasteiger partial charge in [0.05, 0.1) is 5.52 Å². The highest BCUT2D eigenvalue weighted by molar-refractivity contribution is 6.30. The van der Waals surface area contributed by atoms with Crippen LogP contribution in [0.25, 0.3) is 11.2 Å². The average molecular weight is 428 g/mol. The molecule has 0 unspecified atom stereocenters. The number of hydrogen-bond donors (Lipinski definition) is 0. The molecule has 1 amide bonds. The summed E-state index contributed by atoms with van der Waals surface area (Å²) in [7, 11) is 0. The molecule has 156 valence electrons. The van der Waals surface area contributed by atoms with Crippen molar-refractivity contribution in [3.8, 4) is 0 Å². The summed E-state index contributed by atoms with van der Waals surface area (Å²) in [6.45, 7) is 4.33. The SMILES string of the molecule is CCn1c(=O)c(=O)n(CC(=O)N2CCN(c3cccc(Cl)c3)CC2)c2cccnc21. The topological polar surface area (TPSA) is 80.4 Å². The van der Waals surface area contributed by atoms with Crippen LogP contribution >= 0.6 is 11.6 Å². The Kier molecular flexibility index (Phi) is 5.59. The van der Waals surface area contributed by atoms with E-state index in [4.69, 9.17) is 11.6 Å². The monoisotopic (exact) mass is 427 g/mol. The number of hydrogen-bond acceptors (Lipinski definition) is 5. The lowest BCUT2D eigenvalue weighted by Crippen LogP contribution is -2.51. The number of pyridine rings is 1. The number of halogens is 1. The van der Waals surface area contributed by atoms with Crippen LogP contribution in [0.3, 0.4) is 0 Å². The molecule has 30 heavy (non-hydrogen) atoms. The molecule has 8 nitrogen and oxygen atoms in total. The normalized spacial score (nSPS) is 14.3. The third-order valence-corrected chi connectivity index (χ3v) is 5.64. The fourth-order valence-corrected chi connectivity index (χ4v) is 4.00. The molecule has 3 aromatic rings. The summed E-state index contributed by atoms with van der Waals surface area (Å²) in [6, 6.07) is 11.0. The van der Waals surface area contributed by atoms with Crippen molar-refractivity contribution in [2.45, 2.75) is 20.0 Å². The lowest BCUT2D eigenvalue weighted by atomic mass is 10.2. The van der Waals surface area contributed by atoms with Gasteiger partial charge in [-0.3, -0.25) is 23.5 Å². The number of anilines is 1. The number of carbonyl (C=O) groups excluding carboxylic acids is 1. The highest BCUT2D eigenvalue weighted by Gasteiger charge is 2.23. The molecule has 0 N–H and O–H groups in total. The van der Waals surface area contributed by atoms with E-state index in [0.717, 1.165) is 5.69 Å². The van der Waals surface area contributed by atoms with Gasteiger partial charge in [-0.15, -0.1) is 0 Å². The van der Waals surface area contributed by atoms with Gasteiger partial charge in [0.2, 0.25) is 5.91 Å². The minimum Gasteiger partial charge on any atom is -0.368 e. The Morgan fingerprint density at radius 1 is 1.03 bits per heavy atom. The predicted octanol–water partition coefficient (Wildman–Crippen LogP) is 1.58. The Balaban J connectivity index is 1.54. The Morgan fingerprint density at radius 2 is 1.77 bits per heavy atom. The minimum absolute atomic E-state index is 0.183. The quantitative estimate of drug-likeness (QED) is 0.590. The highest BCUT2D eigenvalue weighted by Crippen LogP contribution is 2.21. The molecule has 3 heterocycles. The summed E-state index contributed by atoms with van der Waals surface area (Å²) in [6.07, 6.45) is 1.57. The van der Waals surface area contributed by atoms with Gasteiger partial charge in [-0.1, -0.05) is 17.7 Å². The first-order valence-electron chi connectivity index (χ1n) is 9.86. The van der Waals surface area contributed by atoms with Crippen molar-refractivity contribution >= 4 is 34.4 Å². The van der Waals surface area contributed by atoms with Crippen LogP contribution in [-0.2, 0) is 17.9 Å². The molecule has 1 aliphatic rings. The Bertz CT molecular complexity index is 1210. The highest BCUT2D eigenvalue weighted by atomic mass is 35.5. The molecule has 0 aliphatic carbocycles. The standard InChI is InChI=1S/C21H22ClN5O3/c1-2-26-19-17(7-4-8-23-19)27(21(30)20(26)29)14-18(28)25-11-9-24(10-12-25)16-6-3-5-15(22)13-16/h3-8,13H,2,9-12,14H2,1H3. The molecule has 0 saturated carbocycles. The van der Waals surface area contributed by atoms with Crippen molar-refractivity contribution in [3.05, 3.63) is 68.3 Å². The summed E-state index contributed by atoms with van der Waals surface area (Å²) < 4.78 is 2.57. The van der Waals surface area contributed by atoms with Gasteiger partial charge in [-0.2, -0.15) is 0 Å². The number of nitrogens with zero attached hydrogens (tertiary/aromatic N) is 5. The van der Waals surface area contributed by atoms with E-state index in [2.05, 4.69) is 9.88 Å². The number of aryl methyl sites for hydroxylation is 1. The second kappa shape index (κ2) is 8.31. The van der Waals surface area contributed by atoms with Crippen molar-refractivity contribution in [2.75, 3.05) is 31.1 Å². The summed E-state index contributed by atoms with van der Waals surface area (Å²) in [5, 5.41) is 0.674. The first kappa shape index (κ1) is 20.2. The molecular formula is C21H22ClN5O3. The van der Waals surface area contributed by atoms with Gasteiger partial charge in [0.1, 0.15) is 6.54 Å². The van der Waals surface area contributed by atoms with Crippen LogP contribution in [0, 0.1) is 0 Å². The van der Waals surface area contributed by atoms with Crippen LogP contribution in [0.2, 0.25) is 5.02 Å². The molecule has 1 aliphatic heterocycles. The van der Waals surface area contributed by atoms with Crippen molar-refractivity contribution in [1.82, 2.24) is 19.0 Å². The van der Waals surface area contributed by atoms with Gasteiger partial charge < -0.3 is 9.80 Å². The van der Waals surface area contributed by atoms with Crippen LogP contribution in [0.5, 0.6) is 0 Å². The van der Waals surface area contributed by atoms with Crippen molar-refractivity contribution in [2.24, 2.45) is 0 Å². The molecule has 0 atom stereocenters. The maximum Gasteiger partial charge on any atom is 0.318 e. The number of amides is 1. The molecule has 0 radical (unpaired) electrons. The average Bonchev–Trinajstić information content (AvgIpc) is 2.77. The van der Waals surface area contributed by atoms with Crippen LogP contribution < -0.4 is 16.0 Å². The first-order valence-corrected chi connectivity index (χ1v) is 10.2. The smallest absolute Gasteiger partial charge is 0.318 e. The summed E-state index contributed by atoms with van der Waals surface area (Å²) in [4.78, 5) is 46.2. The lowest BCUT2D eigenvalue weighted by Gasteiger charge is -2.36. The molecule has 4 rings (SSSR count). The number of benzene rings is 1. The van der Waals surface area contributed by atoms with Crippen LogP contribution in [0.15, 0.2) is 52.2 Å². The second-order valence-corrected chi connectivity index (χ2v) is 7.57. The van der Waals surface area contributed by atoms with E-state index < -0.39 is 11.1 Å². The molecule has 1 fully saturated rings. The Hall–Kier alpha value is -3.13. The zero-order chi connectivity index (χ0) is 21.3. The van der Waals surface area contributed by atoms with Crippen molar-refractivity contribution < 1.29 is 4.79 Å². The van der Waals surface area contributed by atoms with Crippen molar-refractivity contribution in [3.63, 3.8) is 0 Å². The summed E-state index contributed by atoms with van der Waals surface area (Å²) >= 11 is 6.07. The molecule has 9 heteroatoms. The zero-order valence-corrected chi connectivity index (χ0v) is 17.4. The van der Waals surface area contributed by atoms with E-state index in [-0.39, 0.29) is 12.5 Å². The lowest BCUT2D eigenvalue weighted by molar-refractivity contribution is -0.132. The molecule has 0 bridgehead atoms. The minimum atomic E-state index is -0.705. The Morgan fingerprint density at radius 3 is 2.47 bits per heavy atom. The molecule has 1 saturated heterocycles. The van der Waals surface area contributed by atoms with Gasteiger partial charge >= 0.3 is 11.1 Å². The first-order chi connectivity index (χ1) is 14.5. The summed E-state index contributed by atoms with van der Waals surface area (Å²) in [5.74, 6) is -0.193.